The fourth-order valence-electron chi connectivity index (χ4n) is 1.42. The number of nitrogens with two attached hydrogens (primary N) is 1. The molecular formula is C10H20N4O2. The Kier molecular flexibility index (Phi) is 3.88. The van der Waals surface area contributed by atoms with Crippen LogP contribution in [0.3, 0.4) is 0 Å². The fourth-order valence-corrected chi connectivity index (χ4v) is 1.42. The van der Waals surface area contributed by atoms with Crippen molar-refractivity contribution in [3.8, 4) is 0 Å². The van der Waals surface area contributed by atoms with Gasteiger partial charge in [0.2, 0.25) is 11.8 Å². The number of primary amides is 1. The standard InChI is InChI=1S/C10H20N4O2/c1-6-4-13-7(5-12-6)8(15)14-10(2,3)9(11)16/h6-7,12-13H,4-5H2,1-3H3,(H2,11,16)(H,14,15). The first-order chi connectivity index (χ1) is 7.33. The summed E-state index contributed by atoms with van der Waals surface area (Å²) in [6.07, 6.45) is 0. The number of hydrogen-bond acceptors (Lipinski definition) is 4. The number of hydrogen-bond donors (Lipinski definition) is 4. The topological polar surface area (TPSA) is 96.2 Å². The summed E-state index contributed by atoms with van der Waals surface area (Å²) in [5.41, 5.74) is 4.17. The molecule has 1 heterocycles. The lowest BCUT2D eigenvalue weighted by Gasteiger charge is -2.31. The van der Waals surface area contributed by atoms with Gasteiger partial charge in [-0.05, 0) is 20.8 Å². The highest BCUT2D eigenvalue weighted by atomic mass is 16.2. The SMILES string of the molecule is CC1CNC(C(=O)NC(C)(C)C(N)=O)CN1. The van der Waals surface area contributed by atoms with Crippen LogP contribution in [0.15, 0.2) is 0 Å². The van der Waals surface area contributed by atoms with Crippen LogP contribution in [0.25, 0.3) is 0 Å². The number of amides is 2. The zero-order valence-electron chi connectivity index (χ0n) is 9.96. The molecule has 1 fully saturated rings. The van der Waals surface area contributed by atoms with Crippen LogP contribution >= 0.6 is 0 Å². The van der Waals surface area contributed by atoms with Gasteiger partial charge in [-0.15, -0.1) is 0 Å². The molecule has 0 bridgehead atoms. The molecule has 5 N–H and O–H groups in total. The monoisotopic (exact) mass is 228 g/mol. The predicted molar refractivity (Wildman–Crippen MR) is 60.7 cm³/mol. The third kappa shape index (κ3) is 3.18. The Morgan fingerprint density at radius 3 is 2.38 bits per heavy atom. The van der Waals surface area contributed by atoms with Gasteiger partial charge in [-0.2, -0.15) is 0 Å². The molecule has 2 unspecified atom stereocenters. The molecule has 2 amide bonds. The highest BCUT2D eigenvalue weighted by Gasteiger charge is 2.31. The summed E-state index contributed by atoms with van der Waals surface area (Å²) >= 11 is 0. The minimum atomic E-state index is -1.01. The number of carbonyl (C=O) groups is 2. The van der Waals surface area contributed by atoms with E-state index < -0.39 is 11.4 Å². The summed E-state index contributed by atoms with van der Waals surface area (Å²) in [5, 5.41) is 8.92. The maximum atomic E-state index is 11.8. The van der Waals surface area contributed by atoms with E-state index in [4.69, 9.17) is 5.73 Å². The molecule has 1 rings (SSSR count). The smallest absolute Gasteiger partial charge is 0.242 e. The van der Waals surface area contributed by atoms with Gasteiger partial charge in [-0.1, -0.05) is 0 Å². The van der Waals surface area contributed by atoms with Gasteiger partial charge in [0.15, 0.2) is 0 Å². The molecule has 0 aromatic rings. The van der Waals surface area contributed by atoms with E-state index in [9.17, 15) is 9.59 Å². The van der Waals surface area contributed by atoms with Gasteiger partial charge in [0.25, 0.3) is 0 Å². The molecule has 92 valence electrons. The molecule has 0 aliphatic carbocycles. The maximum absolute atomic E-state index is 11.8. The van der Waals surface area contributed by atoms with Crippen molar-refractivity contribution < 1.29 is 9.59 Å². The molecule has 6 nitrogen and oxygen atoms in total. The molecule has 0 aromatic carbocycles. The van der Waals surface area contributed by atoms with Crippen molar-refractivity contribution in [2.24, 2.45) is 5.73 Å². The largest absolute Gasteiger partial charge is 0.368 e. The highest BCUT2D eigenvalue weighted by molar-refractivity contribution is 5.91. The summed E-state index contributed by atoms with van der Waals surface area (Å²) < 4.78 is 0. The second-order valence-electron chi connectivity index (χ2n) is 4.75. The van der Waals surface area contributed by atoms with Gasteiger partial charge in [-0.3, -0.25) is 9.59 Å². The predicted octanol–water partition coefficient (Wildman–Crippen LogP) is -1.68. The minimum Gasteiger partial charge on any atom is -0.368 e. The van der Waals surface area contributed by atoms with E-state index in [1.807, 2.05) is 6.92 Å². The third-order valence-electron chi connectivity index (χ3n) is 2.71. The molecule has 0 aromatic heterocycles. The average molecular weight is 228 g/mol. The Hall–Kier alpha value is -1.14. The lowest BCUT2D eigenvalue weighted by atomic mass is 10.0. The molecule has 6 heteroatoms. The lowest BCUT2D eigenvalue weighted by molar-refractivity contribution is -0.131. The van der Waals surface area contributed by atoms with Gasteiger partial charge in [0.05, 0.1) is 6.04 Å². The van der Waals surface area contributed by atoms with Crippen molar-refractivity contribution in [2.45, 2.75) is 38.4 Å². The van der Waals surface area contributed by atoms with E-state index in [2.05, 4.69) is 16.0 Å². The highest BCUT2D eigenvalue weighted by Crippen LogP contribution is 2.02. The quantitative estimate of drug-likeness (QED) is 0.464. The number of nitrogens with one attached hydrogen (secondary N) is 3. The summed E-state index contributed by atoms with van der Waals surface area (Å²) in [6.45, 7) is 6.50. The second kappa shape index (κ2) is 4.80. The van der Waals surface area contributed by atoms with E-state index in [0.717, 1.165) is 6.54 Å². The van der Waals surface area contributed by atoms with E-state index in [1.54, 1.807) is 13.8 Å². The van der Waals surface area contributed by atoms with Crippen molar-refractivity contribution in [3.63, 3.8) is 0 Å². The normalized spacial score (nSPS) is 26.2. The molecule has 1 aliphatic heterocycles. The summed E-state index contributed by atoms with van der Waals surface area (Å²) in [7, 11) is 0. The van der Waals surface area contributed by atoms with Crippen LogP contribution < -0.4 is 21.7 Å². The Morgan fingerprint density at radius 2 is 1.94 bits per heavy atom. The Balaban J connectivity index is 2.50. The molecule has 1 saturated heterocycles. The summed E-state index contributed by atoms with van der Waals surface area (Å²) in [6, 6.07) is 0.0445. The van der Waals surface area contributed by atoms with Crippen molar-refractivity contribution in [1.29, 1.82) is 0 Å². The Morgan fingerprint density at radius 1 is 1.31 bits per heavy atom. The van der Waals surface area contributed by atoms with Crippen LogP contribution in [-0.2, 0) is 9.59 Å². The average Bonchev–Trinajstić information content (AvgIpc) is 2.17. The maximum Gasteiger partial charge on any atom is 0.242 e. The zero-order chi connectivity index (χ0) is 12.3. The van der Waals surface area contributed by atoms with Gasteiger partial charge in [0, 0.05) is 19.1 Å². The molecule has 16 heavy (non-hydrogen) atoms. The van der Waals surface area contributed by atoms with Gasteiger partial charge in [-0.25, -0.2) is 0 Å². The van der Waals surface area contributed by atoms with Gasteiger partial charge >= 0.3 is 0 Å². The molecular weight excluding hydrogens is 208 g/mol. The molecule has 2 atom stereocenters. The van der Waals surface area contributed by atoms with Crippen molar-refractivity contribution in [2.75, 3.05) is 13.1 Å². The molecule has 0 radical (unpaired) electrons. The first-order valence-electron chi connectivity index (χ1n) is 5.41. The van der Waals surface area contributed by atoms with Gasteiger partial charge in [0.1, 0.15) is 5.54 Å². The van der Waals surface area contributed by atoms with Gasteiger partial charge < -0.3 is 21.7 Å². The van der Waals surface area contributed by atoms with Crippen LogP contribution in [-0.4, -0.2) is 42.5 Å². The fraction of sp³-hybridized carbons (Fsp3) is 0.800. The van der Waals surface area contributed by atoms with Crippen LogP contribution in [0.1, 0.15) is 20.8 Å². The summed E-state index contributed by atoms with van der Waals surface area (Å²) in [4.78, 5) is 22.9. The Labute approximate surface area is 95.3 Å². The second-order valence-corrected chi connectivity index (χ2v) is 4.75. The first-order valence-corrected chi connectivity index (χ1v) is 5.41. The van der Waals surface area contributed by atoms with Crippen LogP contribution in [0.5, 0.6) is 0 Å². The van der Waals surface area contributed by atoms with E-state index >= 15 is 0 Å². The third-order valence-corrected chi connectivity index (χ3v) is 2.71. The zero-order valence-corrected chi connectivity index (χ0v) is 9.96. The first kappa shape index (κ1) is 12.9. The summed E-state index contributed by atoms with van der Waals surface area (Å²) in [5.74, 6) is -0.749. The molecule has 1 aliphatic rings. The molecule has 0 spiro atoms. The van der Waals surface area contributed by atoms with Crippen LogP contribution in [0, 0.1) is 0 Å². The van der Waals surface area contributed by atoms with E-state index in [1.165, 1.54) is 0 Å². The molecule has 0 saturated carbocycles. The lowest BCUT2D eigenvalue weighted by Crippen LogP contribution is -2.63. The van der Waals surface area contributed by atoms with Crippen molar-refractivity contribution >= 4 is 11.8 Å². The Bertz CT molecular complexity index is 283. The minimum absolute atomic E-state index is 0.205. The van der Waals surface area contributed by atoms with E-state index in [-0.39, 0.29) is 11.9 Å². The van der Waals surface area contributed by atoms with Crippen LogP contribution in [0.2, 0.25) is 0 Å². The number of carbonyl (C=O) groups excluding carboxylic acids is 2. The van der Waals surface area contributed by atoms with Crippen LogP contribution in [0.4, 0.5) is 0 Å². The van der Waals surface area contributed by atoms with Crippen molar-refractivity contribution in [1.82, 2.24) is 16.0 Å². The van der Waals surface area contributed by atoms with Crippen molar-refractivity contribution in [3.05, 3.63) is 0 Å². The van der Waals surface area contributed by atoms with E-state index in [0.29, 0.717) is 12.6 Å². The number of rotatable bonds is 3. The number of piperazine rings is 1.